The number of ether oxygens (including phenoxy) is 1. The molecule has 4 aromatic rings. The van der Waals surface area contributed by atoms with Gasteiger partial charge >= 0.3 is 0 Å². The Balaban J connectivity index is 1.27. The van der Waals surface area contributed by atoms with Crippen molar-refractivity contribution in [1.82, 2.24) is 34.0 Å². The Morgan fingerprint density at radius 1 is 1.19 bits per heavy atom. The van der Waals surface area contributed by atoms with Crippen LogP contribution in [0.4, 0.5) is 29.3 Å². The van der Waals surface area contributed by atoms with E-state index in [2.05, 4.69) is 25.4 Å². The molecule has 14 heteroatoms. The Kier molecular flexibility index (Phi) is 5.44. The average Bonchev–Trinajstić information content (AvgIpc) is 3.38. The zero-order chi connectivity index (χ0) is 25.0. The van der Waals surface area contributed by atoms with Crippen molar-refractivity contribution in [3.8, 4) is 11.3 Å². The van der Waals surface area contributed by atoms with Crippen LogP contribution in [-0.2, 0) is 11.3 Å². The number of pyridine rings is 1. The fraction of sp³-hybridized carbons (Fsp3) is 0.455. The van der Waals surface area contributed by atoms with Gasteiger partial charge in [0.15, 0.2) is 11.5 Å². The second-order valence-electron chi connectivity index (χ2n) is 9.08. The molecule has 0 aromatic carbocycles. The predicted octanol–water partition coefficient (Wildman–Crippen LogP) is 2.51. The number of nitrogens with zero attached hydrogens (tertiary/aromatic N) is 7. The number of anilines is 2. The molecule has 2 fully saturated rings. The lowest BCUT2D eigenvalue weighted by Crippen LogP contribution is -2.61. The van der Waals surface area contributed by atoms with Crippen molar-refractivity contribution >= 4 is 28.4 Å². The van der Waals surface area contributed by atoms with Gasteiger partial charge in [-0.1, -0.05) is 0 Å². The summed E-state index contributed by atoms with van der Waals surface area (Å²) in [6.45, 7) is 0.596. The molecular formula is C22H23F4N9O. The summed E-state index contributed by atoms with van der Waals surface area (Å²) in [6.07, 6.45) is 0.608. The van der Waals surface area contributed by atoms with Crippen LogP contribution in [0.25, 0.3) is 27.9 Å². The minimum atomic E-state index is -2.98. The van der Waals surface area contributed by atoms with Crippen LogP contribution in [-0.4, -0.2) is 84.8 Å². The van der Waals surface area contributed by atoms with E-state index in [1.165, 1.54) is 15.4 Å². The molecule has 6 heterocycles. The molecule has 4 aromatic heterocycles. The van der Waals surface area contributed by atoms with E-state index >= 15 is 0 Å². The number of rotatable bonds is 6. The number of halogens is 4. The van der Waals surface area contributed by atoms with Crippen molar-refractivity contribution in [2.24, 2.45) is 0 Å². The highest BCUT2D eigenvalue weighted by atomic mass is 19.3. The highest BCUT2D eigenvalue weighted by molar-refractivity contribution is 5.88. The van der Waals surface area contributed by atoms with Crippen LogP contribution < -0.4 is 11.1 Å². The maximum Gasteiger partial charge on any atom is 0.280 e. The molecule has 2 aliphatic heterocycles. The molecule has 10 nitrogen and oxygen atoms in total. The van der Waals surface area contributed by atoms with Gasteiger partial charge in [0.2, 0.25) is 5.95 Å². The Bertz CT molecular complexity index is 1420. The highest BCUT2D eigenvalue weighted by Gasteiger charge is 2.47. The van der Waals surface area contributed by atoms with E-state index < -0.39 is 24.9 Å². The van der Waals surface area contributed by atoms with Gasteiger partial charge in [-0.2, -0.15) is 4.98 Å². The zero-order valence-electron chi connectivity index (χ0n) is 19.0. The summed E-state index contributed by atoms with van der Waals surface area (Å²) in [5.74, 6) is -2.92. The maximum absolute atomic E-state index is 14.9. The lowest BCUT2D eigenvalue weighted by molar-refractivity contribution is -0.131. The molecule has 36 heavy (non-hydrogen) atoms. The van der Waals surface area contributed by atoms with E-state index in [1.54, 1.807) is 29.3 Å². The molecule has 1 atom stereocenters. The van der Waals surface area contributed by atoms with Gasteiger partial charge in [0, 0.05) is 18.3 Å². The van der Waals surface area contributed by atoms with E-state index in [4.69, 9.17) is 10.5 Å². The van der Waals surface area contributed by atoms with Gasteiger partial charge in [-0.25, -0.2) is 32.0 Å². The highest BCUT2D eigenvalue weighted by Crippen LogP contribution is 2.33. The third-order valence-corrected chi connectivity index (χ3v) is 6.68. The second kappa shape index (κ2) is 8.55. The Morgan fingerprint density at radius 2 is 2.03 bits per heavy atom. The molecule has 0 spiro atoms. The van der Waals surface area contributed by atoms with E-state index in [-0.39, 0.29) is 30.8 Å². The lowest BCUT2D eigenvalue weighted by atomic mass is 9.98. The van der Waals surface area contributed by atoms with Crippen molar-refractivity contribution in [3.05, 3.63) is 30.7 Å². The predicted molar refractivity (Wildman–Crippen MR) is 123 cm³/mol. The first-order valence-electron chi connectivity index (χ1n) is 11.5. The number of nitrogens with one attached hydrogen (secondary N) is 1. The summed E-state index contributed by atoms with van der Waals surface area (Å²) in [5.41, 5.74) is 8.49. The van der Waals surface area contributed by atoms with Gasteiger partial charge in [0.05, 0.1) is 50.4 Å². The summed E-state index contributed by atoms with van der Waals surface area (Å²) in [7, 11) is 0. The minimum absolute atomic E-state index is 0.00864. The minimum Gasteiger partial charge on any atom is -0.382 e. The quantitative estimate of drug-likeness (QED) is 0.385. The van der Waals surface area contributed by atoms with Gasteiger partial charge in [0.1, 0.15) is 11.0 Å². The SMILES string of the molecule is Nc1nc(N[C@@H]2CCN(C3COC3)CC2(F)F)nn2ccc(-c3ccc4ncn(CC(F)F)c4n3)c12. The van der Waals surface area contributed by atoms with E-state index in [9.17, 15) is 17.6 Å². The molecule has 2 saturated heterocycles. The van der Waals surface area contributed by atoms with E-state index in [0.717, 1.165) is 0 Å². The van der Waals surface area contributed by atoms with Gasteiger partial charge in [-0.15, -0.1) is 5.10 Å². The summed E-state index contributed by atoms with van der Waals surface area (Å²) >= 11 is 0. The molecule has 0 aliphatic carbocycles. The summed E-state index contributed by atoms with van der Waals surface area (Å²) in [4.78, 5) is 14.6. The Hall–Kier alpha value is -3.52. The van der Waals surface area contributed by atoms with Crippen molar-refractivity contribution in [1.29, 1.82) is 0 Å². The third-order valence-electron chi connectivity index (χ3n) is 6.68. The summed E-state index contributed by atoms with van der Waals surface area (Å²) in [5, 5.41) is 7.10. The molecule has 0 amide bonds. The Morgan fingerprint density at radius 3 is 2.75 bits per heavy atom. The fourth-order valence-electron chi connectivity index (χ4n) is 4.74. The van der Waals surface area contributed by atoms with Crippen LogP contribution in [0, 0.1) is 0 Å². The molecular weight excluding hydrogens is 482 g/mol. The number of nitrogen functional groups attached to an aromatic ring is 1. The molecule has 3 N–H and O–H groups in total. The normalized spacial score (nSPS) is 20.9. The molecule has 190 valence electrons. The number of hydrogen-bond acceptors (Lipinski definition) is 8. The van der Waals surface area contributed by atoms with Gasteiger partial charge in [-0.05, 0) is 24.6 Å². The first kappa shape index (κ1) is 22.9. The van der Waals surface area contributed by atoms with Crippen LogP contribution in [0.15, 0.2) is 30.7 Å². The van der Waals surface area contributed by atoms with Crippen LogP contribution in [0.1, 0.15) is 6.42 Å². The smallest absolute Gasteiger partial charge is 0.280 e. The number of fused-ring (bicyclic) bond motifs is 2. The maximum atomic E-state index is 14.9. The Labute approximate surface area is 202 Å². The zero-order valence-corrected chi connectivity index (χ0v) is 19.0. The van der Waals surface area contributed by atoms with Crippen LogP contribution in [0.3, 0.4) is 0 Å². The standard InChI is InChI=1S/C22H23F4N9O/c23-17(24)7-34-11-28-15-2-1-14(29-20(15)34)13-3-6-35-18(13)19(27)31-21(32-35)30-16-4-5-33(10-22(16,25)26)12-8-36-9-12/h1-3,6,11-12,16-17H,4-5,7-10H2,(H3,27,30,31,32)/t16-/m1/s1. The number of hydrogen-bond donors (Lipinski definition) is 2. The van der Waals surface area contributed by atoms with Crippen molar-refractivity contribution in [3.63, 3.8) is 0 Å². The monoisotopic (exact) mass is 505 g/mol. The first-order chi connectivity index (χ1) is 17.3. The average molecular weight is 505 g/mol. The van der Waals surface area contributed by atoms with Crippen LogP contribution in [0.2, 0.25) is 0 Å². The summed E-state index contributed by atoms with van der Waals surface area (Å²) < 4.78 is 63.4. The van der Waals surface area contributed by atoms with E-state index in [1.807, 2.05) is 0 Å². The molecule has 0 radical (unpaired) electrons. The van der Waals surface area contributed by atoms with Crippen molar-refractivity contribution in [2.45, 2.75) is 37.4 Å². The molecule has 0 saturated carbocycles. The second-order valence-corrected chi connectivity index (χ2v) is 9.08. The molecule has 0 bridgehead atoms. The number of alkyl halides is 4. The van der Waals surface area contributed by atoms with Crippen LogP contribution >= 0.6 is 0 Å². The number of aromatic nitrogens is 6. The number of piperidine rings is 1. The van der Waals surface area contributed by atoms with Crippen LogP contribution in [0.5, 0.6) is 0 Å². The first-order valence-corrected chi connectivity index (χ1v) is 11.5. The molecule has 6 rings (SSSR count). The van der Waals surface area contributed by atoms with Crippen molar-refractivity contribution < 1.29 is 22.3 Å². The lowest BCUT2D eigenvalue weighted by Gasteiger charge is -2.44. The number of likely N-dealkylation sites (tertiary alicyclic amines) is 1. The van der Waals surface area contributed by atoms with Crippen molar-refractivity contribution in [2.75, 3.05) is 37.4 Å². The fourth-order valence-corrected chi connectivity index (χ4v) is 4.74. The number of imidazole rings is 1. The molecule has 2 aliphatic rings. The van der Waals surface area contributed by atoms with Gasteiger partial charge in [0.25, 0.3) is 12.3 Å². The van der Waals surface area contributed by atoms with E-state index in [0.29, 0.717) is 47.7 Å². The molecule has 0 unspecified atom stereocenters. The van der Waals surface area contributed by atoms with Gasteiger partial charge < -0.3 is 20.4 Å². The number of nitrogens with two attached hydrogens (primary N) is 1. The third kappa shape index (κ3) is 3.99. The van der Waals surface area contributed by atoms with Gasteiger partial charge in [-0.3, -0.25) is 4.90 Å². The largest absolute Gasteiger partial charge is 0.382 e. The topological polar surface area (TPSA) is 111 Å². The summed E-state index contributed by atoms with van der Waals surface area (Å²) in [6, 6.07) is 3.99.